The maximum atomic E-state index is 11.1. The Morgan fingerprint density at radius 1 is 0.759 bits per heavy atom. The molecule has 0 bridgehead atoms. The smallest absolute Gasteiger partial charge is 0.128 e. The molecule has 1 aromatic heterocycles. The molecular weight excluding hydrogens is 401 g/mol. The molecule has 0 saturated heterocycles. The van der Waals surface area contributed by atoms with Crippen LogP contribution in [0.15, 0.2) is 48.5 Å². The summed E-state index contributed by atoms with van der Waals surface area (Å²) in [4.78, 5) is 4.83. The molecule has 3 rings (SSSR count). The van der Waals surface area contributed by atoms with Crippen molar-refractivity contribution < 1.29 is 5.11 Å². The summed E-state index contributed by atoms with van der Waals surface area (Å²) in [5.74, 6) is 0.277. The second-order valence-electron chi connectivity index (χ2n) is 9.49. The van der Waals surface area contributed by atoms with Crippen LogP contribution in [0.5, 0.6) is 5.75 Å². The van der Waals surface area contributed by atoms with Gasteiger partial charge in [0, 0.05) is 26.7 Å². The number of pyridine rings is 1. The van der Waals surface area contributed by atoms with Gasteiger partial charge in [-0.3, -0.25) is 0 Å². The third-order valence-electron chi connectivity index (χ3n) is 4.97. The molecule has 0 fully saturated rings. The summed E-state index contributed by atoms with van der Waals surface area (Å²) in [6.07, 6.45) is 0. The molecule has 29 heavy (non-hydrogen) atoms. The van der Waals surface area contributed by atoms with Gasteiger partial charge in [-0.2, -0.15) is 0 Å². The number of phenolic OH excluding ortho intramolecular Hbond substituents is 1. The van der Waals surface area contributed by atoms with Crippen molar-refractivity contribution in [3.05, 3.63) is 69.7 Å². The average Bonchev–Trinajstić information content (AvgIpc) is 2.59. The van der Waals surface area contributed by atoms with Crippen LogP contribution in [-0.4, -0.2) is 10.1 Å². The summed E-state index contributed by atoms with van der Waals surface area (Å²) in [5, 5.41) is 12.3. The average molecular weight is 428 g/mol. The van der Waals surface area contributed by atoms with E-state index in [4.69, 9.17) is 28.2 Å². The summed E-state index contributed by atoms with van der Waals surface area (Å²) in [6, 6.07) is 15.3. The molecule has 2 aromatic carbocycles. The normalized spacial score (nSPS) is 12.3. The first-order chi connectivity index (χ1) is 13.4. The number of aromatic hydroxyl groups is 1. The summed E-state index contributed by atoms with van der Waals surface area (Å²) in [7, 11) is 0. The van der Waals surface area contributed by atoms with Gasteiger partial charge in [0.25, 0.3) is 0 Å². The molecule has 3 aromatic rings. The highest BCUT2D eigenvalue weighted by atomic mass is 35.5. The topological polar surface area (TPSA) is 33.1 Å². The molecule has 0 spiro atoms. The van der Waals surface area contributed by atoms with Crippen molar-refractivity contribution in [2.75, 3.05) is 0 Å². The lowest BCUT2D eigenvalue weighted by molar-refractivity contribution is 0.446. The molecule has 1 N–H and O–H groups in total. The van der Waals surface area contributed by atoms with Gasteiger partial charge in [0.1, 0.15) is 5.75 Å². The fourth-order valence-electron chi connectivity index (χ4n) is 3.28. The lowest BCUT2D eigenvalue weighted by atomic mass is 9.78. The molecule has 0 unspecified atom stereocenters. The number of rotatable bonds is 2. The minimum atomic E-state index is -0.196. The van der Waals surface area contributed by atoms with Crippen LogP contribution in [0.4, 0.5) is 0 Å². The van der Waals surface area contributed by atoms with Crippen LogP contribution in [0.25, 0.3) is 22.5 Å². The van der Waals surface area contributed by atoms with Crippen molar-refractivity contribution in [2.24, 2.45) is 0 Å². The highest BCUT2D eigenvalue weighted by Crippen LogP contribution is 2.42. The zero-order valence-electron chi connectivity index (χ0n) is 17.8. The molecule has 2 nitrogen and oxygen atoms in total. The Balaban J connectivity index is 2.23. The van der Waals surface area contributed by atoms with Crippen molar-refractivity contribution in [1.29, 1.82) is 0 Å². The molecule has 0 amide bonds. The predicted molar refractivity (Wildman–Crippen MR) is 124 cm³/mol. The van der Waals surface area contributed by atoms with Crippen LogP contribution >= 0.6 is 23.2 Å². The monoisotopic (exact) mass is 427 g/mol. The van der Waals surface area contributed by atoms with Crippen molar-refractivity contribution in [3.63, 3.8) is 0 Å². The maximum Gasteiger partial charge on any atom is 0.128 e. The SMILES string of the molecule is CC(C)(C)c1cc(-c2cccc(-c3cc(Cl)cc(Cl)c3)n2)c(O)c(C(C)(C)C)c1. The molecule has 0 aliphatic carbocycles. The number of benzene rings is 2. The highest BCUT2D eigenvalue weighted by Gasteiger charge is 2.26. The van der Waals surface area contributed by atoms with Gasteiger partial charge in [-0.1, -0.05) is 76.9 Å². The Kier molecular flexibility index (Phi) is 5.73. The lowest BCUT2D eigenvalue weighted by Crippen LogP contribution is -2.17. The van der Waals surface area contributed by atoms with E-state index in [1.165, 1.54) is 0 Å². The Morgan fingerprint density at radius 3 is 1.90 bits per heavy atom. The van der Waals surface area contributed by atoms with Gasteiger partial charge in [-0.25, -0.2) is 4.98 Å². The first kappa shape index (κ1) is 21.7. The minimum Gasteiger partial charge on any atom is -0.507 e. The fraction of sp³-hybridized carbons (Fsp3) is 0.320. The van der Waals surface area contributed by atoms with E-state index in [1.54, 1.807) is 6.07 Å². The minimum absolute atomic E-state index is 0.0550. The number of phenols is 1. The first-order valence-corrected chi connectivity index (χ1v) is 10.4. The molecular formula is C25H27Cl2NO. The van der Waals surface area contributed by atoms with E-state index in [2.05, 4.69) is 47.6 Å². The van der Waals surface area contributed by atoms with Crippen LogP contribution in [-0.2, 0) is 10.8 Å². The summed E-state index contributed by atoms with van der Waals surface area (Å²) in [5.41, 5.74) is 4.87. The maximum absolute atomic E-state index is 11.1. The number of nitrogens with zero attached hydrogens (tertiary/aromatic N) is 1. The van der Waals surface area contributed by atoms with E-state index >= 15 is 0 Å². The number of hydrogen-bond acceptors (Lipinski definition) is 2. The highest BCUT2D eigenvalue weighted by molar-refractivity contribution is 6.35. The summed E-state index contributed by atoms with van der Waals surface area (Å²) >= 11 is 12.3. The van der Waals surface area contributed by atoms with Crippen LogP contribution in [0.2, 0.25) is 10.0 Å². The van der Waals surface area contributed by atoms with Gasteiger partial charge in [0.2, 0.25) is 0 Å². The van der Waals surface area contributed by atoms with Gasteiger partial charge in [0.05, 0.1) is 11.4 Å². The van der Waals surface area contributed by atoms with E-state index in [9.17, 15) is 5.11 Å². The predicted octanol–water partition coefficient (Wildman–Crippen LogP) is 8.02. The number of aromatic nitrogens is 1. The fourth-order valence-corrected chi connectivity index (χ4v) is 3.81. The van der Waals surface area contributed by atoms with E-state index < -0.39 is 0 Å². The second-order valence-corrected chi connectivity index (χ2v) is 10.4. The zero-order valence-corrected chi connectivity index (χ0v) is 19.3. The standard InChI is InChI=1S/C25H27Cl2NO/c1-24(2,3)16-12-19(23(29)20(13-16)25(4,5)6)22-9-7-8-21(28-22)15-10-17(26)14-18(27)11-15/h7-14,29H,1-6H3. The van der Waals surface area contributed by atoms with Crippen LogP contribution < -0.4 is 0 Å². The van der Waals surface area contributed by atoms with Gasteiger partial charge >= 0.3 is 0 Å². The molecule has 0 aliphatic heterocycles. The Hall–Kier alpha value is -2.03. The number of halogens is 2. The van der Waals surface area contributed by atoms with Gasteiger partial charge in [-0.15, -0.1) is 0 Å². The zero-order chi connectivity index (χ0) is 21.6. The van der Waals surface area contributed by atoms with Crippen LogP contribution in [0, 0.1) is 0 Å². The third-order valence-corrected chi connectivity index (χ3v) is 5.40. The summed E-state index contributed by atoms with van der Waals surface area (Å²) in [6.45, 7) is 12.8. The molecule has 152 valence electrons. The van der Waals surface area contributed by atoms with Crippen molar-refractivity contribution in [2.45, 2.75) is 52.4 Å². The largest absolute Gasteiger partial charge is 0.507 e. The van der Waals surface area contributed by atoms with Crippen molar-refractivity contribution >= 4 is 23.2 Å². The number of hydrogen-bond donors (Lipinski definition) is 1. The van der Waals surface area contributed by atoms with E-state index in [1.807, 2.05) is 36.4 Å². The third kappa shape index (κ3) is 4.76. The Morgan fingerprint density at radius 2 is 1.34 bits per heavy atom. The van der Waals surface area contributed by atoms with E-state index in [0.717, 1.165) is 27.9 Å². The quantitative estimate of drug-likeness (QED) is 0.448. The van der Waals surface area contributed by atoms with E-state index in [-0.39, 0.29) is 16.6 Å². The summed E-state index contributed by atoms with van der Waals surface area (Å²) < 4.78 is 0. The lowest BCUT2D eigenvalue weighted by Gasteiger charge is -2.27. The molecule has 0 saturated carbocycles. The molecule has 0 atom stereocenters. The van der Waals surface area contributed by atoms with Gasteiger partial charge in [-0.05, 0) is 52.8 Å². The second kappa shape index (κ2) is 7.66. The molecule has 1 heterocycles. The van der Waals surface area contributed by atoms with Crippen LogP contribution in [0.3, 0.4) is 0 Å². The van der Waals surface area contributed by atoms with Crippen molar-refractivity contribution in [1.82, 2.24) is 4.98 Å². The van der Waals surface area contributed by atoms with Gasteiger partial charge in [0.15, 0.2) is 0 Å². The molecule has 0 aliphatic rings. The molecule has 0 radical (unpaired) electrons. The van der Waals surface area contributed by atoms with E-state index in [0.29, 0.717) is 15.7 Å². The van der Waals surface area contributed by atoms with Crippen LogP contribution in [0.1, 0.15) is 52.7 Å². The first-order valence-electron chi connectivity index (χ1n) is 9.68. The Labute approximate surface area is 183 Å². The Bertz CT molecular complexity index is 1040. The van der Waals surface area contributed by atoms with Crippen molar-refractivity contribution in [3.8, 4) is 28.3 Å². The van der Waals surface area contributed by atoms with Gasteiger partial charge < -0.3 is 5.11 Å². The molecule has 4 heteroatoms.